The van der Waals surface area contributed by atoms with Crippen LogP contribution in [0.5, 0.6) is 0 Å². The molecule has 0 amide bonds. The number of benzene rings is 2. The molecular formula is C21H20N4. The molecule has 2 N–H and O–H groups in total. The van der Waals surface area contributed by atoms with E-state index in [-0.39, 0.29) is 6.04 Å². The van der Waals surface area contributed by atoms with Crippen molar-refractivity contribution in [2.24, 2.45) is 12.8 Å². The molecule has 0 bridgehead atoms. The van der Waals surface area contributed by atoms with Crippen molar-refractivity contribution in [3.05, 3.63) is 84.2 Å². The van der Waals surface area contributed by atoms with Crippen LogP contribution in [0.1, 0.15) is 17.3 Å². The molecule has 0 saturated carbocycles. The van der Waals surface area contributed by atoms with Crippen LogP contribution < -0.4 is 5.73 Å². The highest BCUT2D eigenvalue weighted by Gasteiger charge is 2.17. The van der Waals surface area contributed by atoms with Gasteiger partial charge in [0, 0.05) is 42.4 Å². The number of rotatable bonds is 4. The van der Waals surface area contributed by atoms with Crippen LogP contribution in [0.2, 0.25) is 0 Å². The molecule has 4 nitrogen and oxygen atoms in total. The zero-order chi connectivity index (χ0) is 17.2. The SMILES string of the molecule is Cn1nc(-c2ccccc2[C@@H](N)Cc2ccccn2)c2ccccc21. The Morgan fingerprint density at radius 2 is 1.72 bits per heavy atom. The molecule has 0 aliphatic heterocycles. The van der Waals surface area contributed by atoms with E-state index in [0.717, 1.165) is 33.4 Å². The second-order valence-corrected chi connectivity index (χ2v) is 6.21. The van der Waals surface area contributed by atoms with E-state index < -0.39 is 0 Å². The van der Waals surface area contributed by atoms with Crippen LogP contribution in [-0.2, 0) is 13.5 Å². The van der Waals surface area contributed by atoms with E-state index in [0.29, 0.717) is 6.42 Å². The summed E-state index contributed by atoms with van der Waals surface area (Å²) in [6.45, 7) is 0. The minimum atomic E-state index is -0.133. The Hall–Kier alpha value is -2.98. The highest BCUT2D eigenvalue weighted by molar-refractivity contribution is 5.94. The maximum absolute atomic E-state index is 6.54. The molecule has 4 heteroatoms. The first-order valence-corrected chi connectivity index (χ1v) is 8.40. The summed E-state index contributed by atoms with van der Waals surface area (Å²) in [7, 11) is 1.97. The number of fused-ring (bicyclic) bond motifs is 1. The molecule has 2 aromatic carbocycles. The lowest BCUT2D eigenvalue weighted by atomic mass is 9.94. The molecule has 0 saturated heterocycles. The second kappa shape index (κ2) is 6.49. The van der Waals surface area contributed by atoms with Gasteiger partial charge in [0.2, 0.25) is 0 Å². The molecule has 0 aliphatic carbocycles. The zero-order valence-corrected chi connectivity index (χ0v) is 14.1. The van der Waals surface area contributed by atoms with Crippen LogP contribution in [0.3, 0.4) is 0 Å². The molecule has 0 spiro atoms. The maximum atomic E-state index is 6.54. The van der Waals surface area contributed by atoms with Gasteiger partial charge < -0.3 is 5.73 Å². The fraction of sp³-hybridized carbons (Fsp3) is 0.143. The third-order valence-corrected chi connectivity index (χ3v) is 4.53. The van der Waals surface area contributed by atoms with Gasteiger partial charge in [-0.2, -0.15) is 5.10 Å². The van der Waals surface area contributed by atoms with Crippen molar-refractivity contribution in [1.82, 2.24) is 14.8 Å². The molecule has 124 valence electrons. The van der Waals surface area contributed by atoms with Gasteiger partial charge in [0.1, 0.15) is 5.69 Å². The van der Waals surface area contributed by atoms with Crippen molar-refractivity contribution in [2.75, 3.05) is 0 Å². The van der Waals surface area contributed by atoms with Crippen LogP contribution in [0.15, 0.2) is 72.9 Å². The zero-order valence-electron chi connectivity index (χ0n) is 14.1. The molecule has 0 aliphatic rings. The van der Waals surface area contributed by atoms with Gasteiger partial charge in [0.25, 0.3) is 0 Å². The van der Waals surface area contributed by atoms with Gasteiger partial charge in [-0.05, 0) is 23.8 Å². The molecule has 25 heavy (non-hydrogen) atoms. The van der Waals surface area contributed by atoms with E-state index in [2.05, 4.69) is 29.2 Å². The summed E-state index contributed by atoms with van der Waals surface area (Å²) in [5, 5.41) is 5.90. The topological polar surface area (TPSA) is 56.7 Å². The van der Waals surface area contributed by atoms with Crippen molar-refractivity contribution in [3.63, 3.8) is 0 Å². The number of aryl methyl sites for hydroxylation is 1. The van der Waals surface area contributed by atoms with E-state index in [4.69, 9.17) is 10.8 Å². The molecule has 2 heterocycles. The predicted molar refractivity (Wildman–Crippen MR) is 101 cm³/mol. The van der Waals surface area contributed by atoms with E-state index in [1.807, 2.05) is 54.2 Å². The fourth-order valence-corrected chi connectivity index (χ4v) is 3.30. The lowest BCUT2D eigenvalue weighted by Gasteiger charge is -2.15. The Balaban J connectivity index is 1.79. The lowest BCUT2D eigenvalue weighted by Crippen LogP contribution is -2.15. The van der Waals surface area contributed by atoms with E-state index in [9.17, 15) is 0 Å². The summed E-state index contributed by atoms with van der Waals surface area (Å²) < 4.78 is 1.92. The highest BCUT2D eigenvalue weighted by atomic mass is 15.3. The van der Waals surface area contributed by atoms with Crippen molar-refractivity contribution in [1.29, 1.82) is 0 Å². The quantitative estimate of drug-likeness (QED) is 0.618. The number of nitrogens with two attached hydrogens (primary N) is 1. The molecule has 1 atom stereocenters. The fourth-order valence-electron chi connectivity index (χ4n) is 3.30. The molecular weight excluding hydrogens is 308 g/mol. The minimum absolute atomic E-state index is 0.133. The highest BCUT2D eigenvalue weighted by Crippen LogP contribution is 2.32. The molecule has 0 radical (unpaired) electrons. The third kappa shape index (κ3) is 2.92. The van der Waals surface area contributed by atoms with Crippen LogP contribution >= 0.6 is 0 Å². The molecule has 0 fully saturated rings. The number of para-hydroxylation sites is 1. The van der Waals surface area contributed by atoms with Gasteiger partial charge in [-0.25, -0.2) is 0 Å². The molecule has 4 aromatic rings. The van der Waals surface area contributed by atoms with Crippen molar-refractivity contribution >= 4 is 10.9 Å². The van der Waals surface area contributed by atoms with Gasteiger partial charge in [0.15, 0.2) is 0 Å². The number of nitrogens with zero attached hydrogens (tertiary/aromatic N) is 3. The number of aromatic nitrogens is 3. The number of hydrogen-bond donors (Lipinski definition) is 1. The standard InChI is InChI=1S/C21H20N4/c1-25-20-12-5-4-11-18(20)21(24-25)17-10-3-2-9-16(17)19(22)14-15-8-6-7-13-23-15/h2-13,19H,14,22H2,1H3/t19-/m0/s1. The Morgan fingerprint density at radius 1 is 0.960 bits per heavy atom. The van der Waals surface area contributed by atoms with Gasteiger partial charge >= 0.3 is 0 Å². The van der Waals surface area contributed by atoms with Crippen molar-refractivity contribution in [3.8, 4) is 11.3 Å². The van der Waals surface area contributed by atoms with Gasteiger partial charge in [0.05, 0.1) is 5.52 Å². The van der Waals surface area contributed by atoms with Crippen LogP contribution in [-0.4, -0.2) is 14.8 Å². The van der Waals surface area contributed by atoms with E-state index in [1.165, 1.54) is 0 Å². The summed E-state index contributed by atoms with van der Waals surface area (Å²) in [5.74, 6) is 0. The van der Waals surface area contributed by atoms with Crippen LogP contribution in [0.25, 0.3) is 22.2 Å². The molecule has 2 aromatic heterocycles. The Labute approximate surface area is 146 Å². The normalized spacial score (nSPS) is 12.4. The predicted octanol–water partition coefficient (Wildman–Crippen LogP) is 3.88. The monoisotopic (exact) mass is 328 g/mol. The average molecular weight is 328 g/mol. The summed E-state index contributed by atoms with van der Waals surface area (Å²) in [6.07, 6.45) is 2.50. The van der Waals surface area contributed by atoms with Crippen molar-refractivity contribution in [2.45, 2.75) is 12.5 Å². The average Bonchev–Trinajstić information content (AvgIpc) is 3.00. The number of hydrogen-bond acceptors (Lipinski definition) is 3. The first-order valence-electron chi connectivity index (χ1n) is 8.40. The Bertz CT molecular complexity index is 1000. The largest absolute Gasteiger partial charge is 0.324 e. The van der Waals surface area contributed by atoms with Gasteiger partial charge in [-0.3, -0.25) is 9.67 Å². The van der Waals surface area contributed by atoms with Gasteiger partial charge in [-0.15, -0.1) is 0 Å². The first-order chi connectivity index (χ1) is 12.2. The second-order valence-electron chi connectivity index (χ2n) is 6.21. The smallest absolute Gasteiger partial charge is 0.100 e. The van der Waals surface area contributed by atoms with Crippen LogP contribution in [0, 0.1) is 0 Å². The van der Waals surface area contributed by atoms with Crippen LogP contribution in [0.4, 0.5) is 0 Å². The third-order valence-electron chi connectivity index (χ3n) is 4.53. The van der Waals surface area contributed by atoms with E-state index in [1.54, 1.807) is 6.20 Å². The van der Waals surface area contributed by atoms with E-state index >= 15 is 0 Å². The Kier molecular flexibility index (Phi) is 4.04. The lowest BCUT2D eigenvalue weighted by molar-refractivity contribution is 0.707. The molecule has 4 rings (SSSR count). The summed E-state index contributed by atoms with van der Waals surface area (Å²) in [5.41, 5.74) is 11.8. The number of pyridine rings is 1. The summed E-state index contributed by atoms with van der Waals surface area (Å²) in [4.78, 5) is 4.40. The van der Waals surface area contributed by atoms with Gasteiger partial charge in [-0.1, -0.05) is 48.5 Å². The summed E-state index contributed by atoms with van der Waals surface area (Å²) >= 11 is 0. The maximum Gasteiger partial charge on any atom is 0.100 e. The first kappa shape index (κ1) is 15.5. The van der Waals surface area contributed by atoms with Crippen molar-refractivity contribution < 1.29 is 0 Å². The summed E-state index contributed by atoms with van der Waals surface area (Å²) in [6, 6.07) is 22.3. The minimum Gasteiger partial charge on any atom is -0.324 e. The molecule has 0 unspecified atom stereocenters. The Morgan fingerprint density at radius 3 is 2.56 bits per heavy atom.